The van der Waals surface area contributed by atoms with Crippen molar-refractivity contribution in [3.8, 4) is 0 Å². The molecule has 5 heterocycles. The Labute approximate surface area is 429 Å². The van der Waals surface area contributed by atoms with E-state index in [1.165, 1.54) is 57.6 Å². The number of methoxy groups -OCH3 is 1. The molecule has 8 bridgehead atoms. The number of carbonyl (C=O) groups excluding carboxylic acids is 3. The molecule has 0 spiro atoms. The summed E-state index contributed by atoms with van der Waals surface area (Å²) in [6.07, 6.45) is 22.3. The molecule has 2 aromatic heterocycles. The average Bonchev–Trinajstić information content (AvgIpc) is 3.98. The summed E-state index contributed by atoms with van der Waals surface area (Å²) in [7, 11) is 1.34. The topological polar surface area (TPSA) is 158 Å². The van der Waals surface area contributed by atoms with Crippen molar-refractivity contribution in [2.24, 2.45) is 29.6 Å². The summed E-state index contributed by atoms with van der Waals surface area (Å²) in [5, 5.41) is 24.4. The Morgan fingerprint density at radius 3 is 2.23 bits per heavy atom. The number of hydrogen-bond donors (Lipinski definition) is 2. The van der Waals surface area contributed by atoms with Crippen molar-refractivity contribution in [1.82, 2.24) is 15.3 Å². The molecule has 2 aromatic rings. The number of nitrogens with zero attached hydrogens (tertiary/aromatic N) is 4. The molecule has 3 aliphatic heterocycles. The third-order valence-corrected chi connectivity index (χ3v) is 14.6. The molecule has 374 valence electrons. The summed E-state index contributed by atoms with van der Waals surface area (Å²) in [5.41, 5.74) is 9.00. The van der Waals surface area contributed by atoms with E-state index in [1.807, 2.05) is 32.1 Å². The standard InChI is InChI=1S/C57H82N5O6.Mg/c1-13-42-38(8)46-31-48-40(10)44(24-25-52(64)68-29-26-37(7)23-17-22-36(6)21-16-20-35(5)19-15-18-34(3)4)55(61-48)45(30-53(65)67-12)56-54(57(66)58-27-28-63)41(11)49(62-56)33-51-43(14-2)39(9)47(60-51)32-50(42)59-46;/h13,26,31-36,40,44,47-48,63H,1,14-25,27-30H2,2-12H3,(H2-,58,61,62,66);/q-3;+2/p-1/b37-26+,46-31-,50-32-,51-33-;. The van der Waals surface area contributed by atoms with Gasteiger partial charge in [0.05, 0.1) is 19.4 Å². The van der Waals surface area contributed by atoms with Gasteiger partial charge in [-0.25, -0.2) is 0 Å². The first-order chi connectivity index (χ1) is 32.5. The monoisotopic (exact) mass is 956 g/mol. The Balaban J connectivity index is 0.0000104. The molecule has 6 atom stereocenters. The Bertz CT molecular complexity index is 2360. The van der Waals surface area contributed by atoms with Crippen LogP contribution in [0.3, 0.4) is 0 Å². The third kappa shape index (κ3) is 15.1. The van der Waals surface area contributed by atoms with Crippen molar-refractivity contribution in [1.29, 1.82) is 0 Å². The van der Waals surface area contributed by atoms with Crippen LogP contribution in [0.25, 0.3) is 40.5 Å². The van der Waals surface area contributed by atoms with E-state index in [-0.39, 0.29) is 91.1 Å². The van der Waals surface area contributed by atoms with Crippen molar-refractivity contribution in [2.45, 2.75) is 165 Å². The van der Waals surface area contributed by atoms with E-state index < -0.39 is 11.9 Å². The zero-order chi connectivity index (χ0) is 49.7. The number of hydrogen-bond acceptors (Lipinski definition) is 7. The van der Waals surface area contributed by atoms with E-state index in [0.717, 1.165) is 69.8 Å². The van der Waals surface area contributed by atoms with Crippen LogP contribution in [-0.2, 0) is 19.1 Å². The predicted molar refractivity (Wildman–Crippen MR) is 283 cm³/mol. The fourth-order valence-electron chi connectivity index (χ4n) is 10.3. The Kier molecular flexibility index (Phi) is 22.7. The van der Waals surface area contributed by atoms with Gasteiger partial charge in [-0.05, 0) is 99.8 Å². The normalized spacial score (nSPS) is 22.5. The van der Waals surface area contributed by atoms with Gasteiger partial charge in [-0.15, -0.1) is 40.4 Å². The van der Waals surface area contributed by atoms with Crippen LogP contribution in [0.4, 0.5) is 0 Å². The molecule has 12 heteroatoms. The Hall–Kier alpha value is -4.26. The van der Waals surface area contributed by atoms with Crippen molar-refractivity contribution in [2.75, 3.05) is 26.9 Å². The van der Waals surface area contributed by atoms with Crippen LogP contribution in [0.2, 0.25) is 0 Å². The van der Waals surface area contributed by atoms with Crippen LogP contribution in [0.15, 0.2) is 40.8 Å². The quantitative estimate of drug-likeness (QED) is 0.0594. The second-order valence-corrected chi connectivity index (χ2v) is 20.2. The summed E-state index contributed by atoms with van der Waals surface area (Å²) >= 11 is 0. The number of allylic oxidation sites excluding steroid dienone is 3. The van der Waals surface area contributed by atoms with Gasteiger partial charge in [0, 0.05) is 30.7 Å². The summed E-state index contributed by atoms with van der Waals surface area (Å²) in [5.74, 6) is 0.595. The van der Waals surface area contributed by atoms with Crippen LogP contribution in [0.5, 0.6) is 0 Å². The second-order valence-electron chi connectivity index (χ2n) is 20.2. The molecule has 1 amide bonds. The van der Waals surface area contributed by atoms with Crippen molar-refractivity contribution >= 4 is 70.8 Å². The minimum absolute atomic E-state index is 0. The van der Waals surface area contributed by atoms with Gasteiger partial charge in [0.25, 0.3) is 0 Å². The molecule has 1 saturated heterocycles. The fourth-order valence-corrected chi connectivity index (χ4v) is 10.3. The van der Waals surface area contributed by atoms with Gasteiger partial charge >= 0.3 is 35.0 Å². The van der Waals surface area contributed by atoms with Crippen LogP contribution < -0.4 is 26.0 Å². The largest absolute Gasteiger partial charge is 2.00 e. The van der Waals surface area contributed by atoms with E-state index in [2.05, 4.69) is 84.8 Å². The zero-order valence-corrected chi connectivity index (χ0v) is 45.3. The van der Waals surface area contributed by atoms with Gasteiger partial charge < -0.3 is 45.3 Å². The molecular weight excluding hydrogens is 875 g/mol. The number of nitrogens with one attached hydrogen (secondary N) is 1. The maximum absolute atomic E-state index is 14.1. The van der Waals surface area contributed by atoms with E-state index in [4.69, 9.17) is 24.8 Å². The van der Waals surface area contributed by atoms with E-state index in [0.29, 0.717) is 40.6 Å². The van der Waals surface area contributed by atoms with Crippen LogP contribution >= 0.6 is 0 Å². The number of aromatic nitrogens is 2. The number of aliphatic hydroxyl groups excluding tert-OH is 1. The van der Waals surface area contributed by atoms with Gasteiger partial charge in [-0.2, -0.15) is 0 Å². The molecule has 0 aliphatic carbocycles. The first kappa shape index (κ1) is 57.3. The maximum atomic E-state index is 14.1. The summed E-state index contributed by atoms with van der Waals surface area (Å²) < 4.78 is 11.1. The Morgan fingerprint density at radius 1 is 0.913 bits per heavy atom. The number of rotatable bonds is 24. The van der Waals surface area contributed by atoms with Crippen molar-refractivity contribution in [3.63, 3.8) is 0 Å². The number of ether oxygens (including phenoxy) is 2. The molecule has 0 radical (unpaired) electrons. The third-order valence-electron chi connectivity index (χ3n) is 14.6. The summed E-state index contributed by atoms with van der Waals surface area (Å²) in [6, 6.07) is -0.535. The molecule has 69 heavy (non-hydrogen) atoms. The molecule has 6 unspecified atom stereocenters. The predicted octanol–water partition coefficient (Wildman–Crippen LogP) is 10.3. The van der Waals surface area contributed by atoms with Crippen LogP contribution in [0.1, 0.15) is 177 Å². The minimum Gasteiger partial charge on any atom is -0.675 e. The number of carbonyl (C=O) groups is 3. The molecule has 3 aliphatic rings. The van der Waals surface area contributed by atoms with Crippen LogP contribution in [-0.4, -0.2) is 85.0 Å². The van der Waals surface area contributed by atoms with Crippen molar-refractivity contribution in [3.05, 3.63) is 95.7 Å². The molecule has 2 N–H and O–H groups in total. The van der Waals surface area contributed by atoms with E-state index in [1.54, 1.807) is 0 Å². The average molecular weight is 957 g/mol. The van der Waals surface area contributed by atoms with Crippen LogP contribution in [0, 0.1) is 43.4 Å². The summed E-state index contributed by atoms with van der Waals surface area (Å²) in [6.45, 7) is 25.7. The van der Waals surface area contributed by atoms with E-state index in [9.17, 15) is 19.5 Å². The van der Waals surface area contributed by atoms with E-state index >= 15 is 0 Å². The minimum atomic E-state index is -0.539. The van der Waals surface area contributed by atoms with Crippen molar-refractivity contribution < 1.29 is 29.0 Å². The van der Waals surface area contributed by atoms with Gasteiger partial charge in [0.2, 0.25) is 0 Å². The first-order valence-electron chi connectivity index (χ1n) is 25.5. The van der Waals surface area contributed by atoms with Gasteiger partial charge in [0.15, 0.2) is 0 Å². The fraction of sp³-hybridized carbons (Fsp3) is 0.596. The molecule has 0 aromatic carbocycles. The first-order valence-corrected chi connectivity index (χ1v) is 25.5. The molecule has 5 rings (SSSR count). The smallest absolute Gasteiger partial charge is 0.675 e. The Morgan fingerprint density at radius 2 is 1.59 bits per heavy atom. The number of esters is 2. The summed E-state index contributed by atoms with van der Waals surface area (Å²) in [4.78, 5) is 51.3. The molecule has 1 fully saturated rings. The molecule has 11 nitrogen and oxygen atoms in total. The second kappa shape index (κ2) is 27.4. The zero-order valence-electron chi connectivity index (χ0n) is 43.9. The van der Waals surface area contributed by atoms with Gasteiger partial charge in [-0.3, -0.25) is 9.59 Å². The molecule has 0 saturated carbocycles. The number of aliphatic hydroxyl groups is 1. The number of fused-ring (bicyclic) bond motifs is 8. The maximum Gasteiger partial charge on any atom is 2.00 e. The van der Waals surface area contributed by atoms with Gasteiger partial charge in [0.1, 0.15) is 6.61 Å². The SMILES string of the molecule is C=Cc1c(C)/c2[n-]/c1=C\C1[N-]/C(=C\c3[n-]c(c(C(=O)[N-]CCO)c3C)/C(CC(=O)OC)=C3\NC(\C=2)C(C)C3CCC(=O)OC/C=C(\C)CCCC(C)CCCC(C)CCCC(C)C)C(CC)=C1C.[Mg+2]. The molecular formula is C57H81MgN5O6-2. The number of amides is 1. The van der Waals surface area contributed by atoms with Gasteiger partial charge in [-0.1, -0.05) is 145 Å².